The minimum Gasteiger partial charge on any atom is -0.311 e. The molecule has 1 N–H and O–H groups in total. The van der Waals surface area contributed by atoms with E-state index in [2.05, 4.69) is 30.3 Å². The third kappa shape index (κ3) is 4.17. The maximum atomic E-state index is 3.95. The van der Waals surface area contributed by atoms with E-state index in [4.69, 9.17) is 0 Å². The molecule has 0 heterocycles. The quantitative estimate of drug-likeness (QED) is 0.755. The van der Waals surface area contributed by atoms with Gasteiger partial charge < -0.3 is 5.32 Å². The zero-order chi connectivity index (χ0) is 12.1. The number of nitrogens with one attached hydrogen (secondary N) is 1. The molecule has 2 aliphatic rings. The lowest BCUT2D eigenvalue weighted by atomic mass is 9.97. The molecule has 4 atom stereocenters. The fourth-order valence-electron chi connectivity index (χ4n) is 3.59. The topological polar surface area (TPSA) is 12.0 Å². The second-order valence-electron chi connectivity index (χ2n) is 6.01. The minimum absolute atomic E-state index is 0.829. The molecule has 2 rings (SSSR count). The third-order valence-electron chi connectivity index (χ3n) is 4.85. The molecule has 0 aromatic heterocycles. The SMILES string of the molecule is CCC1CCCC(NC2CCC(SC)C2)CC1. The molecule has 0 aromatic rings. The van der Waals surface area contributed by atoms with Crippen LogP contribution in [0.5, 0.6) is 0 Å². The van der Waals surface area contributed by atoms with Crippen LogP contribution in [0.15, 0.2) is 0 Å². The lowest BCUT2D eigenvalue weighted by Crippen LogP contribution is -2.36. The van der Waals surface area contributed by atoms with E-state index in [-0.39, 0.29) is 0 Å². The molecule has 1 nitrogen and oxygen atoms in total. The first kappa shape index (κ1) is 13.7. The van der Waals surface area contributed by atoms with Crippen LogP contribution in [0.25, 0.3) is 0 Å². The van der Waals surface area contributed by atoms with Crippen molar-refractivity contribution in [2.24, 2.45) is 5.92 Å². The van der Waals surface area contributed by atoms with Crippen LogP contribution in [-0.2, 0) is 0 Å². The molecule has 2 fully saturated rings. The molecule has 4 unspecified atom stereocenters. The van der Waals surface area contributed by atoms with Gasteiger partial charge in [0.05, 0.1) is 0 Å². The van der Waals surface area contributed by atoms with Crippen LogP contribution in [0.3, 0.4) is 0 Å². The highest BCUT2D eigenvalue weighted by atomic mass is 32.2. The lowest BCUT2D eigenvalue weighted by Gasteiger charge is -2.22. The van der Waals surface area contributed by atoms with Gasteiger partial charge in [-0.15, -0.1) is 0 Å². The van der Waals surface area contributed by atoms with Crippen LogP contribution in [0, 0.1) is 5.92 Å². The van der Waals surface area contributed by atoms with E-state index in [0.717, 1.165) is 23.3 Å². The second-order valence-corrected chi connectivity index (χ2v) is 7.15. The number of thioether (sulfide) groups is 1. The predicted molar refractivity (Wildman–Crippen MR) is 78.7 cm³/mol. The maximum absolute atomic E-state index is 3.95. The molecular weight excluding hydrogens is 226 g/mol. The van der Waals surface area contributed by atoms with Gasteiger partial charge in [-0.05, 0) is 50.7 Å². The Labute approximate surface area is 112 Å². The molecule has 0 aromatic carbocycles. The minimum atomic E-state index is 0.829. The average Bonchev–Trinajstić information content (AvgIpc) is 2.68. The number of rotatable bonds is 4. The van der Waals surface area contributed by atoms with Crippen molar-refractivity contribution < 1.29 is 0 Å². The van der Waals surface area contributed by atoms with Crippen molar-refractivity contribution in [1.82, 2.24) is 5.32 Å². The van der Waals surface area contributed by atoms with Crippen molar-refractivity contribution in [1.29, 1.82) is 0 Å². The van der Waals surface area contributed by atoms with Crippen LogP contribution < -0.4 is 5.32 Å². The molecule has 0 bridgehead atoms. The highest BCUT2D eigenvalue weighted by Gasteiger charge is 2.26. The van der Waals surface area contributed by atoms with Gasteiger partial charge in [-0.3, -0.25) is 0 Å². The van der Waals surface area contributed by atoms with E-state index in [9.17, 15) is 0 Å². The summed E-state index contributed by atoms with van der Waals surface area (Å²) in [6, 6.07) is 1.66. The zero-order valence-electron chi connectivity index (χ0n) is 11.6. The van der Waals surface area contributed by atoms with Gasteiger partial charge in [0.1, 0.15) is 0 Å². The molecular formula is C15H29NS. The average molecular weight is 255 g/mol. The summed E-state index contributed by atoms with van der Waals surface area (Å²) in [7, 11) is 0. The van der Waals surface area contributed by atoms with E-state index in [1.54, 1.807) is 0 Å². The van der Waals surface area contributed by atoms with Crippen LogP contribution >= 0.6 is 11.8 Å². The standard InChI is InChI=1S/C15H29NS/c1-3-12-5-4-6-13(8-7-12)16-14-9-10-15(11-14)17-2/h12-16H,3-11H2,1-2H3. The summed E-state index contributed by atoms with van der Waals surface area (Å²) in [5, 5.41) is 4.89. The molecule has 100 valence electrons. The molecule has 17 heavy (non-hydrogen) atoms. The third-order valence-corrected chi connectivity index (χ3v) is 5.95. The Morgan fingerprint density at radius 3 is 2.53 bits per heavy atom. The molecule has 2 aliphatic carbocycles. The van der Waals surface area contributed by atoms with Crippen LogP contribution in [0.2, 0.25) is 0 Å². The zero-order valence-corrected chi connectivity index (χ0v) is 12.4. The summed E-state index contributed by atoms with van der Waals surface area (Å²) in [5.41, 5.74) is 0. The Hall–Kier alpha value is 0.310. The first-order valence-electron chi connectivity index (χ1n) is 7.60. The Morgan fingerprint density at radius 1 is 1.00 bits per heavy atom. The monoisotopic (exact) mass is 255 g/mol. The number of hydrogen-bond donors (Lipinski definition) is 1. The summed E-state index contributed by atoms with van der Waals surface area (Å²) in [6.45, 7) is 2.36. The second kappa shape index (κ2) is 7.04. The van der Waals surface area contributed by atoms with Crippen LogP contribution in [0.4, 0.5) is 0 Å². The number of hydrogen-bond acceptors (Lipinski definition) is 2. The summed E-state index contributed by atoms with van der Waals surface area (Å²) in [5.74, 6) is 1.02. The van der Waals surface area contributed by atoms with E-state index >= 15 is 0 Å². The van der Waals surface area contributed by atoms with Gasteiger partial charge in [0.15, 0.2) is 0 Å². The van der Waals surface area contributed by atoms with Crippen molar-refractivity contribution >= 4 is 11.8 Å². The largest absolute Gasteiger partial charge is 0.311 e. The smallest absolute Gasteiger partial charge is 0.00805 e. The van der Waals surface area contributed by atoms with Crippen LogP contribution in [0.1, 0.15) is 64.7 Å². The van der Waals surface area contributed by atoms with Gasteiger partial charge in [-0.2, -0.15) is 11.8 Å². The first-order chi connectivity index (χ1) is 8.31. The molecule has 2 saturated carbocycles. The van der Waals surface area contributed by atoms with Gasteiger partial charge in [0, 0.05) is 17.3 Å². The lowest BCUT2D eigenvalue weighted by molar-refractivity contribution is 0.386. The van der Waals surface area contributed by atoms with Gasteiger partial charge >= 0.3 is 0 Å². The molecule has 2 heteroatoms. The van der Waals surface area contributed by atoms with E-state index in [1.807, 2.05) is 0 Å². The van der Waals surface area contributed by atoms with Crippen LogP contribution in [-0.4, -0.2) is 23.6 Å². The molecule has 0 spiro atoms. The predicted octanol–water partition coefficient (Wildman–Crippen LogP) is 4.22. The highest BCUT2D eigenvalue weighted by Crippen LogP contribution is 2.30. The maximum Gasteiger partial charge on any atom is 0.00805 e. The van der Waals surface area contributed by atoms with Crippen molar-refractivity contribution in [3.05, 3.63) is 0 Å². The molecule has 0 aliphatic heterocycles. The summed E-state index contributed by atoms with van der Waals surface area (Å²) < 4.78 is 0. The Morgan fingerprint density at radius 2 is 1.82 bits per heavy atom. The van der Waals surface area contributed by atoms with Crippen molar-refractivity contribution in [2.45, 2.75) is 82.0 Å². The van der Waals surface area contributed by atoms with Crippen molar-refractivity contribution in [3.63, 3.8) is 0 Å². The van der Waals surface area contributed by atoms with Gasteiger partial charge in [0.2, 0.25) is 0 Å². The normalized spacial score (nSPS) is 39.2. The van der Waals surface area contributed by atoms with Gasteiger partial charge in [-0.1, -0.05) is 26.2 Å². The fraction of sp³-hybridized carbons (Fsp3) is 1.00. The summed E-state index contributed by atoms with van der Waals surface area (Å²) in [4.78, 5) is 0. The Bertz CT molecular complexity index is 219. The van der Waals surface area contributed by atoms with E-state index < -0.39 is 0 Å². The molecule has 0 saturated heterocycles. The Kier molecular flexibility index (Phi) is 5.68. The summed E-state index contributed by atoms with van der Waals surface area (Å²) in [6.07, 6.45) is 15.2. The van der Waals surface area contributed by atoms with Crippen molar-refractivity contribution in [2.75, 3.05) is 6.26 Å². The highest BCUT2D eigenvalue weighted by molar-refractivity contribution is 7.99. The van der Waals surface area contributed by atoms with Crippen molar-refractivity contribution in [3.8, 4) is 0 Å². The fourth-order valence-corrected chi connectivity index (χ4v) is 4.39. The van der Waals surface area contributed by atoms with Gasteiger partial charge in [0.25, 0.3) is 0 Å². The van der Waals surface area contributed by atoms with E-state index in [1.165, 1.54) is 57.8 Å². The first-order valence-corrected chi connectivity index (χ1v) is 8.89. The molecule has 0 amide bonds. The summed E-state index contributed by atoms with van der Waals surface area (Å²) >= 11 is 2.07. The Balaban J connectivity index is 1.72. The van der Waals surface area contributed by atoms with Gasteiger partial charge in [-0.25, -0.2) is 0 Å². The molecule has 0 radical (unpaired) electrons. The van der Waals surface area contributed by atoms with E-state index in [0.29, 0.717) is 0 Å².